The van der Waals surface area contributed by atoms with Crippen LogP contribution < -0.4 is 10.1 Å². The van der Waals surface area contributed by atoms with Crippen molar-refractivity contribution in [1.29, 1.82) is 0 Å². The highest BCUT2D eigenvalue weighted by Gasteiger charge is 2.09. The summed E-state index contributed by atoms with van der Waals surface area (Å²) in [6, 6.07) is 4.07. The van der Waals surface area contributed by atoms with Gasteiger partial charge in [0.2, 0.25) is 0 Å². The first-order valence-electron chi connectivity index (χ1n) is 5.89. The lowest BCUT2D eigenvalue weighted by atomic mass is 10.2. The van der Waals surface area contributed by atoms with E-state index in [1.807, 2.05) is 23.9 Å². The number of aromatic nitrogens is 1. The van der Waals surface area contributed by atoms with E-state index in [0.717, 1.165) is 39.0 Å². The van der Waals surface area contributed by atoms with E-state index in [1.54, 1.807) is 11.3 Å². The van der Waals surface area contributed by atoms with Gasteiger partial charge >= 0.3 is 0 Å². The number of nitrogens with zero attached hydrogens (tertiary/aromatic N) is 1. The van der Waals surface area contributed by atoms with E-state index in [0.29, 0.717) is 6.61 Å². The lowest BCUT2D eigenvalue weighted by Gasteiger charge is -2.13. The van der Waals surface area contributed by atoms with Crippen LogP contribution in [0.2, 0.25) is 0 Å². The lowest BCUT2D eigenvalue weighted by Crippen LogP contribution is -2.14. The van der Waals surface area contributed by atoms with Gasteiger partial charge in [0.1, 0.15) is 5.75 Å². The van der Waals surface area contributed by atoms with Gasteiger partial charge in [0.05, 0.1) is 22.3 Å². The maximum absolute atomic E-state index is 5.69. The van der Waals surface area contributed by atoms with Gasteiger partial charge < -0.3 is 10.1 Å². The second-order valence-electron chi connectivity index (χ2n) is 3.89. The van der Waals surface area contributed by atoms with E-state index in [9.17, 15) is 0 Å². The van der Waals surface area contributed by atoms with Crippen LogP contribution in [-0.4, -0.2) is 11.6 Å². The SMILES string of the molecule is CCOc1c(Br)cc(Br)cc1CNCc1cscn1. The Bertz CT molecular complexity index is 532. The Kier molecular flexibility index (Phi) is 5.81. The van der Waals surface area contributed by atoms with Crippen molar-refractivity contribution in [3.8, 4) is 5.75 Å². The summed E-state index contributed by atoms with van der Waals surface area (Å²) in [5, 5.41) is 5.43. The molecule has 19 heavy (non-hydrogen) atoms. The largest absolute Gasteiger partial charge is 0.492 e. The second-order valence-corrected chi connectivity index (χ2v) is 6.38. The summed E-state index contributed by atoms with van der Waals surface area (Å²) in [5.41, 5.74) is 4.04. The molecule has 0 atom stereocenters. The maximum Gasteiger partial charge on any atom is 0.138 e. The summed E-state index contributed by atoms with van der Waals surface area (Å²) in [4.78, 5) is 4.25. The molecule has 0 unspecified atom stereocenters. The number of hydrogen-bond acceptors (Lipinski definition) is 4. The average Bonchev–Trinajstić information content (AvgIpc) is 2.86. The number of benzene rings is 1. The van der Waals surface area contributed by atoms with Crippen LogP contribution in [0.15, 0.2) is 32.0 Å². The second kappa shape index (κ2) is 7.38. The lowest BCUT2D eigenvalue weighted by molar-refractivity contribution is 0.333. The molecule has 1 aromatic heterocycles. The minimum Gasteiger partial charge on any atom is -0.492 e. The zero-order valence-electron chi connectivity index (χ0n) is 10.5. The minimum atomic E-state index is 0.652. The van der Waals surface area contributed by atoms with Gasteiger partial charge in [0, 0.05) is 28.5 Å². The molecule has 0 fully saturated rings. The molecule has 0 aliphatic carbocycles. The summed E-state index contributed by atoms with van der Waals surface area (Å²) >= 11 is 8.65. The van der Waals surface area contributed by atoms with E-state index in [4.69, 9.17) is 4.74 Å². The van der Waals surface area contributed by atoms with Gasteiger partial charge in [-0.3, -0.25) is 0 Å². The Labute approximate surface area is 133 Å². The molecule has 0 aliphatic rings. The molecule has 102 valence electrons. The summed E-state index contributed by atoms with van der Waals surface area (Å²) < 4.78 is 7.69. The first-order chi connectivity index (χ1) is 9.20. The fourth-order valence-corrected chi connectivity index (χ4v) is 3.69. The third kappa shape index (κ3) is 4.27. The Hall–Kier alpha value is -0.430. The highest BCUT2D eigenvalue weighted by molar-refractivity contribution is 9.11. The highest BCUT2D eigenvalue weighted by Crippen LogP contribution is 2.33. The van der Waals surface area contributed by atoms with E-state index < -0.39 is 0 Å². The monoisotopic (exact) mass is 404 g/mol. The summed E-state index contributed by atoms with van der Waals surface area (Å²) in [6.45, 7) is 4.14. The van der Waals surface area contributed by atoms with Gasteiger partial charge in [-0.25, -0.2) is 4.98 Å². The Balaban J connectivity index is 2.05. The molecule has 1 heterocycles. The van der Waals surface area contributed by atoms with Gasteiger partial charge in [-0.2, -0.15) is 0 Å². The van der Waals surface area contributed by atoms with Crippen molar-refractivity contribution >= 4 is 43.2 Å². The molecular weight excluding hydrogens is 392 g/mol. The van der Waals surface area contributed by atoms with Crippen LogP contribution in [0, 0.1) is 0 Å². The van der Waals surface area contributed by atoms with Crippen LogP contribution in [0.1, 0.15) is 18.2 Å². The van der Waals surface area contributed by atoms with E-state index >= 15 is 0 Å². The zero-order chi connectivity index (χ0) is 13.7. The van der Waals surface area contributed by atoms with Crippen molar-refractivity contribution in [3.05, 3.63) is 43.2 Å². The van der Waals surface area contributed by atoms with Gasteiger partial charge in [-0.15, -0.1) is 11.3 Å². The Morgan fingerprint density at radius 2 is 2.16 bits per heavy atom. The average molecular weight is 406 g/mol. The standard InChI is InChI=1S/C13H14Br2N2OS/c1-2-18-13-9(3-10(14)4-12(13)15)5-16-6-11-7-19-8-17-11/h3-4,7-8,16H,2,5-6H2,1H3. The summed E-state index contributed by atoms with van der Waals surface area (Å²) in [5.74, 6) is 0.900. The van der Waals surface area contributed by atoms with Crippen LogP contribution in [0.3, 0.4) is 0 Å². The first kappa shape index (κ1) is 15.0. The fourth-order valence-electron chi connectivity index (χ4n) is 1.70. The number of halogens is 2. The van der Waals surface area contributed by atoms with Crippen LogP contribution in [0.4, 0.5) is 0 Å². The van der Waals surface area contributed by atoms with Crippen molar-refractivity contribution in [3.63, 3.8) is 0 Å². The molecular formula is C13H14Br2N2OS. The molecule has 0 saturated carbocycles. The van der Waals surface area contributed by atoms with Crippen molar-refractivity contribution in [2.45, 2.75) is 20.0 Å². The minimum absolute atomic E-state index is 0.652. The van der Waals surface area contributed by atoms with Crippen molar-refractivity contribution in [1.82, 2.24) is 10.3 Å². The zero-order valence-corrected chi connectivity index (χ0v) is 14.4. The predicted molar refractivity (Wildman–Crippen MR) is 85.7 cm³/mol. The van der Waals surface area contributed by atoms with Crippen LogP contribution in [0.5, 0.6) is 5.75 Å². The molecule has 0 aliphatic heterocycles. The number of hydrogen-bond donors (Lipinski definition) is 1. The molecule has 1 N–H and O–H groups in total. The molecule has 0 spiro atoms. The predicted octanol–water partition coefficient (Wildman–Crippen LogP) is 4.36. The number of rotatable bonds is 6. The third-order valence-electron chi connectivity index (χ3n) is 2.48. The van der Waals surface area contributed by atoms with Crippen molar-refractivity contribution in [2.24, 2.45) is 0 Å². The molecule has 0 bridgehead atoms. The van der Waals surface area contributed by atoms with Crippen LogP contribution in [-0.2, 0) is 13.1 Å². The number of thiazole rings is 1. The van der Waals surface area contributed by atoms with Crippen LogP contribution in [0.25, 0.3) is 0 Å². The quantitative estimate of drug-likeness (QED) is 0.775. The number of ether oxygens (including phenoxy) is 1. The molecule has 2 aromatic rings. The van der Waals surface area contributed by atoms with Gasteiger partial charge in [0.25, 0.3) is 0 Å². The molecule has 1 aromatic carbocycles. The smallest absolute Gasteiger partial charge is 0.138 e. The molecule has 2 rings (SSSR count). The molecule has 0 amide bonds. The molecule has 3 nitrogen and oxygen atoms in total. The van der Waals surface area contributed by atoms with Gasteiger partial charge in [0.15, 0.2) is 0 Å². The summed E-state index contributed by atoms with van der Waals surface area (Å²) in [6.07, 6.45) is 0. The maximum atomic E-state index is 5.69. The normalized spacial score (nSPS) is 10.7. The summed E-state index contributed by atoms with van der Waals surface area (Å²) in [7, 11) is 0. The van der Waals surface area contributed by atoms with Crippen molar-refractivity contribution in [2.75, 3.05) is 6.61 Å². The Morgan fingerprint density at radius 1 is 1.32 bits per heavy atom. The van der Waals surface area contributed by atoms with Crippen molar-refractivity contribution < 1.29 is 4.74 Å². The first-order valence-corrected chi connectivity index (χ1v) is 8.42. The highest BCUT2D eigenvalue weighted by atomic mass is 79.9. The molecule has 0 radical (unpaired) electrons. The van der Waals surface area contributed by atoms with Gasteiger partial charge in [-0.1, -0.05) is 15.9 Å². The molecule has 0 saturated heterocycles. The number of nitrogens with one attached hydrogen (secondary N) is 1. The topological polar surface area (TPSA) is 34.1 Å². The van der Waals surface area contributed by atoms with E-state index in [-0.39, 0.29) is 0 Å². The fraction of sp³-hybridized carbons (Fsp3) is 0.308. The molecule has 6 heteroatoms. The van der Waals surface area contributed by atoms with Crippen LogP contribution >= 0.6 is 43.2 Å². The Morgan fingerprint density at radius 3 is 2.84 bits per heavy atom. The van der Waals surface area contributed by atoms with E-state index in [2.05, 4.69) is 48.2 Å². The third-order valence-corrected chi connectivity index (χ3v) is 4.16. The van der Waals surface area contributed by atoms with Gasteiger partial charge in [-0.05, 0) is 35.0 Å². The van der Waals surface area contributed by atoms with E-state index in [1.165, 1.54) is 0 Å².